The molecular formula is C12H18NP. The first-order valence-corrected chi connectivity index (χ1v) is 7.62. The van der Waals surface area contributed by atoms with E-state index < -0.39 is 0 Å². The Morgan fingerprint density at radius 2 is 1.86 bits per heavy atom. The average Bonchev–Trinajstić information content (AvgIpc) is 2.04. The molecule has 1 aliphatic heterocycles. The summed E-state index contributed by atoms with van der Waals surface area (Å²) in [4.78, 5) is 0. The first kappa shape index (κ1) is 10.1. The Balaban J connectivity index is 2.02. The van der Waals surface area contributed by atoms with Gasteiger partial charge in [0.05, 0.1) is 0 Å². The SMILES string of the molecule is CP(C)Cc1ccc(C2CNC2)cc1. The van der Waals surface area contributed by atoms with E-state index in [0.717, 1.165) is 19.0 Å². The van der Waals surface area contributed by atoms with Crippen LogP contribution >= 0.6 is 7.92 Å². The van der Waals surface area contributed by atoms with Crippen molar-refractivity contribution in [1.29, 1.82) is 0 Å². The Labute approximate surface area is 87.7 Å². The van der Waals surface area contributed by atoms with Crippen LogP contribution in [0.25, 0.3) is 0 Å². The molecule has 14 heavy (non-hydrogen) atoms. The Morgan fingerprint density at radius 3 is 2.29 bits per heavy atom. The van der Waals surface area contributed by atoms with Gasteiger partial charge in [0.1, 0.15) is 0 Å². The van der Waals surface area contributed by atoms with E-state index in [1.54, 1.807) is 0 Å². The van der Waals surface area contributed by atoms with Crippen LogP contribution in [-0.2, 0) is 6.16 Å². The number of hydrogen-bond acceptors (Lipinski definition) is 1. The van der Waals surface area contributed by atoms with E-state index in [4.69, 9.17) is 0 Å². The first-order chi connectivity index (χ1) is 6.75. The molecule has 1 saturated heterocycles. The number of benzene rings is 1. The molecule has 1 N–H and O–H groups in total. The Hall–Kier alpha value is -0.390. The van der Waals surface area contributed by atoms with Crippen LogP contribution in [-0.4, -0.2) is 26.4 Å². The quantitative estimate of drug-likeness (QED) is 0.751. The van der Waals surface area contributed by atoms with Crippen molar-refractivity contribution in [2.24, 2.45) is 0 Å². The molecular weight excluding hydrogens is 189 g/mol. The predicted molar refractivity (Wildman–Crippen MR) is 64.5 cm³/mol. The topological polar surface area (TPSA) is 12.0 Å². The molecule has 1 aromatic rings. The molecule has 1 nitrogen and oxygen atoms in total. The van der Waals surface area contributed by atoms with Gasteiger partial charge in [0, 0.05) is 19.0 Å². The molecule has 0 atom stereocenters. The molecule has 0 aliphatic carbocycles. The van der Waals surface area contributed by atoms with E-state index >= 15 is 0 Å². The van der Waals surface area contributed by atoms with E-state index in [1.165, 1.54) is 17.3 Å². The van der Waals surface area contributed by atoms with Gasteiger partial charge in [-0.3, -0.25) is 0 Å². The maximum Gasteiger partial charge on any atom is 0.00885 e. The summed E-state index contributed by atoms with van der Waals surface area (Å²) in [5.41, 5.74) is 3.00. The lowest BCUT2D eigenvalue weighted by Crippen LogP contribution is -2.39. The second-order valence-corrected chi connectivity index (χ2v) is 6.81. The lowest BCUT2D eigenvalue weighted by Gasteiger charge is -2.27. The van der Waals surface area contributed by atoms with Gasteiger partial charge in [-0.05, 0) is 30.6 Å². The molecule has 1 heterocycles. The predicted octanol–water partition coefficient (Wildman–Crippen LogP) is 2.61. The Kier molecular flexibility index (Phi) is 3.20. The smallest absolute Gasteiger partial charge is 0.00885 e. The molecule has 0 amide bonds. The molecule has 0 spiro atoms. The van der Waals surface area contributed by atoms with Gasteiger partial charge in [0.15, 0.2) is 0 Å². The average molecular weight is 207 g/mol. The highest BCUT2D eigenvalue weighted by molar-refractivity contribution is 7.55. The standard InChI is InChI=1S/C12H18NP/c1-14(2)9-10-3-5-11(6-4-10)12-7-13-8-12/h3-6,12-13H,7-9H2,1-2H3. The molecule has 76 valence electrons. The summed E-state index contributed by atoms with van der Waals surface area (Å²) in [5, 5.41) is 3.31. The third kappa shape index (κ3) is 2.34. The van der Waals surface area contributed by atoms with Crippen molar-refractivity contribution >= 4 is 7.92 Å². The lowest BCUT2D eigenvalue weighted by atomic mass is 9.93. The van der Waals surface area contributed by atoms with Crippen molar-refractivity contribution in [2.45, 2.75) is 12.1 Å². The van der Waals surface area contributed by atoms with E-state index in [1.807, 2.05) is 0 Å². The van der Waals surface area contributed by atoms with Crippen LogP contribution in [0.4, 0.5) is 0 Å². The summed E-state index contributed by atoms with van der Waals surface area (Å²) in [6.07, 6.45) is 1.26. The van der Waals surface area contributed by atoms with Crippen molar-refractivity contribution in [3.05, 3.63) is 35.4 Å². The van der Waals surface area contributed by atoms with Crippen molar-refractivity contribution in [3.8, 4) is 0 Å². The molecule has 1 aliphatic rings. The van der Waals surface area contributed by atoms with Gasteiger partial charge in [-0.2, -0.15) is 0 Å². The van der Waals surface area contributed by atoms with Crippen molar-refractivity contribution in [2.75, 3.05) is 26.4 Å². The van der Waals surface area contributed by atoms with Crippen LogP contribution in [0.5, 0.6) is 0 Å². The van der Waals surface area contributed by atoms with E-state index in [0.29, 0.717) is 0 Å². The van der Waals surface area contributed by atoms with Gasteiger partial charge >= 0.3 is 0 Å². The number of nitrogens with one attached hydrogen (secondary N) is 1. The van der Waals surface area contributed by atoms with E-state index in [9.17, 15) is 0 Å². The minimum Gasteiger partial charge on any atom is -0.315 e. The summed E-state index contributed by atoms with van der Waals surface area (Å²) in [7, 11) is 0.196. The molecule has 0 unspecified atom stereocenters. The molecule has 0 radical (unpaired) electrons. The fourth-order valence-corrected chi connectivity index (χ4v) is 2.73. The molecule has 1 fully saturated rings. The second kappa shape index (κ2) is 4.42. The van der Waals surface area contributed by atoms with Gasteiger partial charge in [0.2, 0.25) is 0 Å². The second-order valence-electron chi connectivity index (χ2n) is 4.33. The molecule has 2 heteroatoms. The van der Waals surface area contributed by atoms with Crippen LogP contribution in [0, 0.1) is 0 Å². The molecule has 0 saturated carbocycles. The summed E-state index contributed by atoms with van der Waals surface area (Å²) in [5.74, 6) is 0.772. The van der Waals surface area contributed by atoms with E-state index in [2.05, 4.69) is 42.9 Å². The summed E-state index contributed by atoms with van der Waals surface area (Å²) in [6.45, 7) is 6.99. The highest BCUT2D eigenvalue weighted by Gasteiger charge is 2.18. The number of hydrogen-bond donors (Lipinski definition) is 1. The summed E-state index contributed by atoms with van der Waals surface area (Å²) < 4.78 is 0. The van der Waals surface area contributed by atoms with Crippen LogP contribution in [0.3, 0.4) is 0 Å². The van der Waals surface area contributed by atoms with Crippen LogP contribution in [0.2, 0.25) is 0 Å². The third-order valence-corrected chi connectivity index (χ3v) is 3.73. The minimum absolute atomic E-state index is 0.196. The normalized spacial score (nSPS) is 17.1. The van der Waals surface area contributed by atoms with Crippen LogP contribution in [0.1, 0.15) is 17.0 Å². The largest absolute Gasteiger partial charge is 0.315 e. The first-order valence-electron chi connectivity index (χ1n) is 5.20. The van der Waals surface area contributed by atoms with Crippen molar-refractivity contribution in [3.63, 3.8) is 0 Å². The zero-order chi connectivity index (χ0) is 9.97. The highest BCUT2D eigenvalue weighted by Crippen LogP contribution is 2.30. The monoisotopic (exact) mass is 207 g/mol. The van der Waals surface area contributed by atoms with Gasteiger partial charge in [-0.1, -0.05) is 24.3 Å². The van der Waals surface area contributed by atoms with Crippen molar-refractivity contribution < 1.29 is 0 Å². The Bertz CT molecular complexity index is 288. The fourth-order valence-electron chi connectivity index (χ4n) is 1.78. The molecule has 2 rings (SSSR count). The Morgan fingerprint density at radius 1 is 1.21 bits per heavy atom. The van der Waals surface area contributed by atoms with Crippen LogP contribution in [0.15, 0.2) is 24.3 Å². The maximum atomic E-state index is 3.31. The number of rotatable bonds is 3. The van der Waals surface area contributed by atoms with Gasteiger partial charge < -0.3 is 5.32 Å². The highest BCUT2D eigenvalue weighted by atomic mass is 31.1. The zero-order valence-electron chi connectivity index (χ0n) is 8.96. The van der Waals surface area contributed by atoms with Crippen molar-refractivity contribution in [1.82, 2.24) is 5.32 Å². The zero-order valence-corrected chi connectivity index (χ0v) is 9.85. The van der Waals surface area contributed by atoms with E-state index in [-0.39, 0.29) is 7.92 Å². The molecule has 0 aromatic heterocycles. The maximum absolute atomic E-state index is 3.31. The van der Waals surface area contributed by atoms with Gasteiger partial charge in [0.25, 0.3) is 0 Å². The molecule has 1 aromatic carbocycles. The lowest BCUT2D eigenvalue weighted by molar-refractivity contribution is 0.448. The summed E-state index contributed by atoms with van der Waals surface area (Å²) >= 11 is 0. The van der Waals surface area contributed by atoms with Gasteiger partial charge in [-0.15, -0.1) is 7.92 Å². The summed E-state index contributed by atoms with van der Waals surface area (Å²) in [6, 6.07) is 9.21. The fraction of sp³-hybridized carbons (Fsp3) is 0.500. The molecule has 0 bridgehead atoms. The third-order valence-electron chi connectivity index (χ3n) is 2.73. The minimum atomic E-state index is 0.196. The van der Waals surface area contributed by atoms with Gasteiger partial charge in [-0.25, -0.2) is 0 Å². The van der Waals surface area contributed by atoms with Crippen LogP contribution < -0.4 is 5.32 Å².